The van der Waals surface area contributed by atoms with Crippen LogP contribution in [0.3, 0.4) is 0 Å². The van der Waals surface area contributed by atoms with Gasteiger partial charge in [-0.2, -0.15) is 0 Å². The zero-order valence-corrected chi connectivity index (χ0v) is 19.1. The summed E-state index contributed by atoms with van der Waals surface area (Å²) in [5, 5.41) is 3.05. The van der Waals surface area contributed by atoms with Crippen molar-refractivity contribution < 1.29 is 17.5 Å². The number of hydrogen-bond donors (Lipinski definition) is 2. The van der Waals surface area contributed by atoms with Crippen LogP contribution in [0, 0.1) is 5.82 Å². The molecule has 174 valence electrons. The van der Waals surface area contributed by atoms with Gasteiger partial charge >= 0.3 is 0 Å². The summed E-state index contributed by atoms with van der Waals surface area (Å²) in [6, 6.07) is 12.6. The summed E-state index contributed by atoms with van der Waals surface area (Å²) in [7, 11) is -2.17. The molecule has 0 aliphatic carbocycles. The fourth-order valence-corrected chi connectivity index (χ4v) is 4.70. The molecule has 4 rings (SSSR count). The van der Waals surface area contributed by atoms with E-state index in [0.717, 1.165) is 13.1 Å². The van der Waals surface area contributed by atoms with E-state index in [-0.39, 0.29) is 10.6 Å². The molecule has 0 radical (unpaired) electrons. The van der Waals surface area contributed by atoms with Crippen molar-refractivity contribution in [2.75, 3.05) is 38.6 Å². The first-order valence-corrected chi connectivity index (χ1v) is 12.2. The molecule has 10 heteroatoms. The molecule has 0 unspecified atom stereocenters. The number of benzene rings is 2. The number of aromatic nitrogens is 2. The van der Waals surface area contributed by atoms with Crippen LogP contribution in [0.25, 0.3) is 11.3 Å². The van der Waals surface area contributed by atoms with Gasteiger partial charge in [-0.1, -0.05) is 0 Å². The third kappa shape index (κ3) is 5.84. The summed E-state index contributed by atoms with van der Waals surface area (Å²) in [5.41, 5.74) is 1.75. The van der Waals surface area contributed by atoms with Crippen molar-refractivity contribution in [1.82, 2.24) is 19.6 Å². The van der Waals surface area contributed by atoms with Gasteiger partial charge in [-0.3, -0.25) is 0 Å². The third-order valence-corrected chi connectivity index (χ3v) is 6.92. The van der Waals surface area contributed by atoms with Gasteiger partial charge in [0.2, 0.25) is 16.0 Å². The van der Waals surface area contributed by atoms with E-state index in [9.17, 15) is 12.8 Å². The minimum Gasteiger partial charge on any atom is -0.494 e. The van der Waals surface area contributed by atoms with E-state index >= 15 is 0 Å². The third-order valence-electron chi connectivity index (χ3n) is 5.44. The molecule has 0 saturated carbocycles. The lowest BCUT2D eigenvalue weighted by molar-refractivity contribution is 0.344. The van der Waals surface area contributed by atoms with Crippen LogP contribution in [-0.4, -0.2) is 56.6 Å². The lowest BCUT2D eigenvalue weighted by Gasteiger charge is -2.15. The average molecular weight is 472 g/mol. The Morgan fingerprint density at radius 2 is 1.85 bits per heavy atom. The fourth-order valence-electron chi connectivity index (χ4n) is 3.68. The van der Waals surface area contributed by atoms with Crippen molar-refractivity contribution in [1.29, 1.82) is 0 Å². The number of nitrogens with zero attached hydrogens (tertiary/aromatic N) is 3. The lowest BCUT2D eigenvalue weighted by Crippen LogP contribution is -2.33. The predicted octanol–water partition coefficient (Wildman–Crippen LogP) is 3.41. The molecular formula is C23H26FN5O3S. The first kappa shape index (κ1) is 23.1. The standard InChI is InChI=1S/C23H26FN5O3S/c1-32-22-9-4-17(16-20(22)24)21-10-11-25-23(28-21)27-18-5-7-19(8-6-18)33(30,31)26-12-15-29-13-2-3-14-29/h4-11,16,26H,2-3,12-15H2,1H3,(H,25,27,28). The first-order valence-electron chi connectivity index (χ1n) is 10.7. The largest absolute Gasteiger partial charge is 0.494 e. The van der Waals surface area contributed by atoms with Gasteiger partial charge in [0.05, 0.1) is 17.7 Å². The predicted molar refractivity (Wildman–Crippen MR) is 125 cm³/mol. The Morgan fingerprint density at radius 3 is 2.55 bits per heavy atom. The number of ether oxygens (including phenoxy) is 1. The fraction of sp³-hybridized carbons (Fsp3) is 0.304. The average Bonchev–Trinajstić information content (AvgIpc) is 3.33. The van der Waals surface area contributed by atoms with Crippen LogP contribution in [0.15, 0.2) is 59.6 Å². The molecule has 1 aromatic heterocycles. The Bertz CT molecular complexity index is 1200. The molecule has 2 N–H and O–H groups in total. The van der Waals surface area contributed by atoms with Crippen LogP contribution in [-0.2, 0) is 10.0 Å². The second kappa shape index (κ2) is 10.2. The maximum atomic E-state index is 14.0. The highest BCUT2D eigenvalue weighted by Gasteiger charge is 2.16. The van der Waals surface area contributed by atoms with E-state index in [2.05, 4.69) is 24.9 Å². The SMILES string of the molecule is COc1ccc(-c2ccnc(Nc3ccc(S(=O)(=O)NCCN4CCCC4)cc3)n2)cc1F. The molecule has 1 aliphatic heterocycles. The summed E-state index contributed by atoms with van der Waals surface area (Å²) in [5.74, 6) is -0.0104. The van der Waals surface area contributed by atoms with Gasteiger partial charge in [0.1, 0.15) is 0 Å². The summed E-state index contributed by atoms with van der Waals surface area (Å²) >= 11 is 0. The lowest BCUT2D eigenvalue weighted by atomic mass is 10.1. The molecule has 8 nitrogen and oxygen atoms in total. The molecule has 33 heavy (non-hydrogen) atoms. The van der Waals surface area contributed by atoms with Crippen molar-refractivity contribution >= 4 is 21.7 Å². The molecule has 1 fully saturated rings. The number of likely N-dealkylation sites (tertiary alicyclic amines) is 1. The number of anilines is 2. The van der Waals surface area contributed by atoms with Crippen molar-refractivity contribution in [3.05, 3.63) is 60.5 Å². The van der Waals surface area contributed by atoms with Gasteiger partial charge in [0.15, 0.2) is 11.6 Å². The van der Waals surface area contributed by atoms with Crippen LogP contribution in [0.4, 0.5) is 16.0 Å². The quantitative estimate of drug-likeness (QED) is 0.494. The smallest absolute Gasteiger partial charge is 0.240 e. The van der Waals surface area contributed by atoms with Gasteiger partial charge in [-0.05, 0) is 74.5 Å². The number of hydrogen-bond acceptors (Lipinski definition) is 7. The van der Waals surface area contributed by atoms with E-state index in [1.165, 1.54) is 44.2 Å². The van der Waals surface area contributed by atoms with Crippen LogP contribution in [0.2, 0.25) is 0 Å². The number of methoxy groups -OCH3 is 1. The zero-order chi connectivity index (χ0) is 23.3. The number of halogens is 1. The first-order chi connectivity index (χ1) is 15.9. The summed E-state index contributed by atoms with van der Waals surface area (Å²) < 4.78 is 46.7. The number of nitrogens with one attached hydrogen (secondary N) is 2. The van der Waals surface area contributed by atoms with Gasteiger partial charge in [0.25, 0.3) is 0 Å². The van der Waals surface area contributed by atoms with Crippen molar-refractivity contribution in [2.24, 2.45) is 0 Å². The second-order valence-electron chi connectivity index (χ2n) is 7.71. The summed E-state index contributed by atoms with van der Waals surface area (Å²) in [4.78, 5) is 11.1. The minimum atomic E-state index is -3.58. The van der Waals surface area contributed by atoms with Gasteiger partial charge in [0, 0.05) is 30.5 Å². The summed E-state index contributed by atoms with van der Waals surface area (Å²) in [6.45, 7) is 3.15. The molecule has 1 aliphatic rings. The van der Waals surface area contributed by atoms with E-state index < -0.39 is 15.8 Å². The Hall–Kier alpha value is -3.08. The molecule has 2 aromatic carbocycles. The van der Waals surface area contributed by atoms with E-state index in [0.29, 0.717) is 36.0 Å². The topological polar surface area (TPSA) is 96.4 Å². The summed E-state index contributed by atoms with van der Waals surface area (Å²) in [6.07, 6.45) is 3.91. The number of sulfonamides is 1. The second-order valence-corrected chi connectivity index (χ2v) is 9.48. The molecule has 0 spiro atoms. The maximum Gasteiger partial charge on any atom is 0.240 e. The molecule has 0 bridgehead atoms. The molecule has 0 atom stereocenters. The Balaban J connectivity index is 1.40. The van der Waals surface area contributed by atoms with Crippen LogP contribution >= 0.6 is 0 Å². The number of rotatable bonds is 9. The van der Waals surface area contributed by atoms with E-state index in [4.69, 9.17) is 4.74 Å². The highest BCUT2D eigenvalue weighted by molar-refractivity contribution is 7.89. The molecular weight excluding hydrogens is 445 g/mol. The molecule has 3 aromatic rings. The van der Waals surface area contributed by atoms with E-state index in [1.54, 1.807) is 30.5 Å². The Kier molecular flexibility index (Phi) is 7.17. The monoisotopic (exact) mass is 471 g/mol. The molecule has 2 heterocycles. The van der Waals surface area contributed by atoms with Crippen LogP contribution in [0.5, 0.6) is 5.75 Å². The Labute approximate surface area is 192 Å². The highest BCUT2D eigenvalue weighted by Crippen LogP contribution is 2.25. The van der Waals surface area contributed by atoms with Crippen molar-refractivity contribution in [2.45, 2.75) is 17.7 Å². The van der Waals surface area contributed by atoms with Crippen LogP contribution in [0.1, 0.15) is 12.8 Å². The minimum absolute atomic E-state index is 0.159. The van der Waals surface area contributed by atoms with E-state index in [1.807, 2.05) is 0 Å². The molecule has 0 amide bonds. The Morgan fingerprint density at radius 1 is 1.09 bits per heavy atom. The maximum absolute atomic E-state index is 14.0. The van der Waals surface area contributed by atoms with Gasteiger partial charge in [-0.15, -0.1) is 0 Å². The van der Waals surface area contributed by atoms with Gasteiger partial charge < -0.3 is 15.0 Å². The van der Waals surface area contributed by atoms with Gasteiger partial charge in [-0.25, -0.2) is 27.5 Å². The zero-order valence-electron chi connectivity index (χ0n) is 18.3. The van der Waals surface area contributed by atoms with Crippen LogP contribution < -0.4 is 14.8 Å². The highest BCUT2D eigenvalue weighted by atomic mass is 32.2. The van der Waals surface area contributed by atoms with Crippen molar-refractivity contribution in [3.63, 3.8) is 0 Å². The van der Waals surface area contributed by atoms with Crippen molar-refractivity contribution in [3.8, 4) is 17.0 Å². The molecule has 1 saturated heterocycles. The normalized spacial score (nSPS) is 14.4.